The van der Waals surface area contributed by atoms with Crippen molar-refractivity contribution in [1.29, 1.82) is 0 Å². The number of nitrogens with zero attached hydrogens (tertiary/aromatic N) is 3. The van der Waals surface area contributed by atoms with Crippen LogP contribution < -0.4 is 10.3 Å². The van der Waals surface area contributed by atoms with E-state index in [0.717, 1.165) is 0 Å². The molecule has 3 rings (SSSR count). The molecule has 0 fully saturated rings. The third-order valence-corrected chi connectivity index (χ3v) is 4.09. The van der Waals surface area contributed by atoms with Gasteiger partial charge in [-0.3, -0.25) is 9.36 Å². The molecule has 130 valence electrons. The summed E-state index contributed by atoms with van der Waals surface area (Å²) >= 11 is 0. The number of phenols is 1. The van der Waals surface area contributed by atoms with Crippen molar-refractivity contribution in [3.63, 3.8) is 0 Å². The van der Waals surface area contributed by atoms with Gasteiger partial charge in [0.2, 0.25) is 0 Å². The minimum absolute atomic E-state index is 0.102. The number of ether oxygens (including phenoxy) is 1. The summed E-state index contributed by atoms with van der Waals surface area (Å²) in [6.45, 7) is 2.25. The van der Waals surface area contributed by atoms with Crippen LogP contribution in [-0.4, -0.2) is 40.8 Å². The lowest BCUT2D eigenvalue weighted by molar-refractivity contribution is 0.388. The Labute approximate surface area is 145 Å². The van der Waals surface area contributed by atoms with Crippen LogP contribution in [-0.2, 0) is 6.54 Å². The summed E-state index contributed by atoms with van der Waals surface area (Å²) in [5.74, 6) is 1.41. The molecule has 1 aromatic heterocycles. The van der Waals surface area contributed by atoms with E-state index >= 15 is 0 Å². The van der Waals surface area contributed by atoms with E-state index < -0.39 is 0 Å². The number of aryl methyl sites for hydroxylation is 1. The molecule has 6 heteroatoms. The van der Waals surface area contributed by atoms with E-state index in [9.17, 15) is 9.90 Å². The van der Waals surface area contributed by atoms with Gasteiger partial charge in [0.05, 0.1) is 23.7 Å². The number of hydrogen-bond donors (Lipinski definition) is 1. The van der Waals surface area contributed by atoms with Gasteiger partial charge in [0, 0.05) is 12.1 Å². The molecule has 0 spiro atoms. The third kappa shape index (κ3) is 3.08. The average molecular weight is 339 g/mol. The molecule has 0 atom stereocenters. The monoisotopic (exact) mass is 339 g/mol. The van der Waals surface area contributed by atoms with Crippen molar-refractivity contribution in [3.05, 3.63) is 58.1 Å². The summed E-state index contributed by atoms with van der Waals surface area (Å²) < 4.78 is 6.73. The van der Waals surface area contributed by atoms with Gasteiger partial charge in [0.1, 0.15) is 17.3 Å². The van der Waals surface area contributed by atoms with Gasteiger partial charge in [-0.25, -0.2) is 4.98 Å². The van der Waals surface area contributed by atoms with Gasteiger partial charge in [0.15, 0.2) is 0 Å². The second-order valence-corrected chi connectivity index (χ2v) is 6.19. The minimum Gasteiger partial charge on any atom is -0.508 e. The smallest absolute Gasteiger partial charge is 0.266 e. The fraction of sp³-hybridized carbons (Fsp3) is 0.263. The molecule has 0 aliphatic heterocycles. The van der Waals surface area contributed by atoms with Crippen molar-refractivity contribution >= 4 is 10.9 Å². The molecule has 0 unspecified atom stereocenters. The van der Waals surface area contributed by atoms with Gasteiger partial charge in [0.25, 0.3) is 5.56 Å². The molecule has 3 aromatic rings. The molecular weight excluding hydrogens is 318 g/mol. The van der Waals surface area contributed by atoms with Crippen LogP contribution in [0.5, 0.6) is 11.5 Å². The van der Waals surface area contributed by atoms with Crippen molar-refractivity contribution in [1.82, 2.24) is 14.5 Å². The molecule has 0 saturated heterocycles. The minimum atomic E-state index is -0.194. The molecule has 6 nitrogen and oxygen atoms in total. The molecule has 1 N–H and O–H groups in total. The Bertz CT molecular complexity index is 976. The second kappa shape index (κ2) is 6.57. The molecule has 0 bridgehead atoms. The first-order chi connectivity index (χ1) is 11.9. The Hall–Kier alpha value is -2.86. The summed E-state index contributed by atoms with van der Waals surface area (Å²) in [5, 5.41) is 10.7. The summed E-state index contributed by atoms with van der Waals surface area (Å²) in [5.41, 5.74) is 1.68. The molecule has 0 saturated carbocycles. The summed E-state index contributed by atoms with van der Waals surface area (Å²) in [7, 11) is 5.38. The van der Waals surface area contributed by atoms with Gasteiger partial charge in [-0.1, -0.05) is 0 Å². The largest absolute Gasteiger partial charge is 0.508 e. The quantitative estimate of drug-likeness (QED) is 0.791. The average Bonchev–Trinajstić information content (AvgIpc) is 2.57. The van der Waals surface area contributed by atoms with Crippen LogP contribution in [0.2, 0.25) is 0 Å². The summed E-state index contributed by atoms with van der Waals surface area (Å²) in [4.78, 5) is 19.7. The molecule has 2 aromatic carbocycles. The third-order valence-electron chi connectivity index (χ3n) is 4.09. The first kappa shape index (κ1) is 17.0. The van der Waals surface area contributed by atoms with Crippen molar-refractivity contribution in [3.8, 4) is 17.2 Å². The SMILES string of the molecule is COc1ccc(-n2c(C)nc3ccc(O)c(CN(C)C)c3c2=O)cc1. The highest BCUT2D eigenvalue weighted by Crippen LogP contribution is 2.26. The highest BCUT2D eigenvalue weighted by Gasteiger charge is 2.16. The number of aromatic nitrogens is 2. The maximum Gasteiger partial charge on any atom is 0.266 e. The highest BCUT2D eigenvalue weighted by molar-refractivity contribution is 5.84. The van der Waals surface area contributed by atoms with E-state index in [1.54, 1.807) is 42.9 Å². The zero-order chi connectivity index (χ0) is 18.1. The zero-order valence-electron chi connectivity index (χ0n) is 14.8. The predicted molar refractivity (Wildman–Crippen MR) is 97.7 cm³/mol. The maximum absolute atomic E-state index is 13.2. The van der Waals surface area contributed by atoms with Crippen molar-refractivity contribution < 1.29 is 9.84 Å². The van der Waals surface area contributed by atoms with Gasteiger partial charge < -0.3 is 14.7 Å². The molecule has 0 amide bonds. The first-order valence-electron chi connectivity index (χ1n) is 7.95. The number of hydrogen-bond acceptors (Lipinski definition) is 5. The Morgan fingerprint density at radius 1 is 1.16 bits per heavy atom. The summed E-state index contributed by atoms with van der Waals surface area (Å²) in [6.07, 6.45) is 0. The van der Waals surface area contributed by atoms with Crippen LogP contribution in [0.3, 0.4) is 0 Å². The summed E-state index contributed by atoms with van der Waals surface area (Å²) in [6, 6.07) is 10.5. The first-order valence-corrected chi connectivity index (χ1v) is 7.95. The Morgan fingerprint density at radius 2 is 1.84 bits per heavy atom. The van der Waals surface area contributed by atoms with Crippen molar-refractivity contribution in [2.24, 2.45) is 0 Å². The number of methoxy groups -OCH3 is 1. The Morgan fingerprint density at radius 3 is 2.44 bits per heavy atom. The molecule has 0 aliphatic rings. The number of rotatable bonds is 4. The van der Waals surface area contributed by atoms with Gasteiger partial charge in [-0.05, 0) is 57.4 Å². The highest BCUT2D eigenvalue weighted by atomic mass is 16.5. The van der Waals surface area contributed by atoms with Gasteiger partial charge in [-0.2, -0.15) is 0 Å². The van der Waals surface area contributed by atoms with Crippen molar-refractivity contribution in [2.45, 2.75) is 13.5 Å². The van der Waals surface area contributed by atoms with Gasteiger partial charge >= 0.3 is 0 Å². The van der Waals surface area contributed by atoms with Crippen molar-refractivity contribution in [2.75, 3.05) is 21.2 Å². The van der Waals surface area contributed by atoms with Crippen LogP contribution in [0.15, 0.2) is 41.2 Å². The molecular formula is C19H21N3O3. The molecule has 1 heterocycles. The maximum atomic E-state index is 13.2. The van der Waals surface area contributed by atoms with Crippen LogP contribution in [0.25, 0.3) is 16.6 Å². The van der Waals surface area contributed by atoms with Crippen LogP contribution >= 0.6 is 0 Å². The fourth-order valence-corrected chi connectivity index (χ4v) is 2.95. The van der Waals surface area contributed by atoms with Crippen LogP contribution in [0.1, 0.15) is 11.4 Å². The fourth-order valence-electron chi connectivity index (χ4n) is 2.95. The standard InChI is InChI=1S/C19H21N3O3/c1-12-20-16-9-10-17(23)15(11-21(2)3)18(16)19(24)22(12)13-5-7-14(25-4)8-6-13/h5-10,23H,11H2,1-4H3. The molecule has 0 radical (unpaired) electrons. The van der Waals surface area contributed by atoms with E-state index in [0.29, 0.717) is 40.3 Å². The number of fused-ring (bicyclic) bond motifs is 1. The Balaban J connectivity index is 2.31. The number of benzene rings is 2. The lowest BCUT2D eigenvalue weighted by atomic mass is 10.1. The van der Waals surface area contributed by atoms with Gasteiger partial charge in [-0.15, -0.1) is 0 Å². The van der Waals surface area contributed by atoms with E-state index in [1.807, 2.05) is 31.1 Å². The van der Waals surface area contributed by atoms with Crippen LogP contribution in [0, 0.1) is 6.92 Å². The second-order valence-electron chi connectivity index (χ2n) is 6.19. The topological polar surface area (TPSA) is 67.6 Å². The lowest BCUT2D eigenvalue weighted by Crippen LogP contribution is -2.24. The lowest BCUT2D eigenvalue weighted by Gasteiger charge is -2.16. The number of aromatic hydroxyl groups is 1. The van der Waals surface area contributed by atoms with E-state index in [1.165, 1.54) is 0 Å². The predicted octanol–water partition coefficient (Wildman–Crippen LogP) is 2.47. The normalized spacial score (nSPS) is 11.2. The van der Waals surface area contributed by atoms with Crippen LogP contribution in [0.4, 0.5) is 0 Å². The number of phenolic OH excluding ortho intramolecular Hbond substituents is 1. The van der Waals surface area contributed by atoms with E-state index in [4.69, 9.17) is 4.74 Å². The molecule has 0 aliphatic carbocycles. The Kier molecular flexibility index (Phi) is 4.46. The van der Waals surface area contributed by atoms with E-state index in [-0.39, 0.29) is 11.3 Å². The van der Waals surface area contributed by atoms with E-state index in [2.05, 4.69) is 4.98 Å². The molecule has 25 heavy (non-hydrogen) atoms. The zero-order valence-corrected chi connectivity index (χ0v) is 14.8.